The van der Waals surface area contributed by atoms with Gasteiger partial charge in [0.25, 0.3) is 0 Å². The molecular formula is C9H11BrClNO2S. The van der Waals surface area contributed by atoms with Crippen LogP contribution in [0.5, 0.6) is 0 Å². The molecular weight excluding hydrogens is 302 g/mol. The topological polar surface area (TPSA) is 46.2 Å². The molecule has 0 atom stereocenters. The van der Waals surface area contributed by atoms with Gasteiger partial charge in [-0.3, -0.25) is 0 Å². The van der Waals surface area contributed by atoms with Crippen molar-refractivity contribution in [2.45, 2.75) is 24.8 Å². The van der Waals surface area contributed by atoms with E-state index >= 15 is 0 Å². The smallest absolute Gasteiger partial charge is 0.209 e. The molecule has 0 spiro atoms. The maximum Gasteiger partial charge on any atom is 0.242 e. The Morgan fingerprint density at radius 2 is 2.00 bits per heavy atom. The van der Waals surface area contributed by atoms with Crippen LogP contribution in [0.15, 0.2) is 27.6 Å². The second-order valence-electron chi connectivity index (χ2n) is 3.35. The number of sulfonamides is 1. The molecule has 0 saturated heterocycles. The van der Waals surface area contributed by atoms with Crippen LogP contribution >= 0.6 is 27.5 Å². The largest absolute Gasteiger partial charge is 0.242 e. The molecule has 0 radical (unpaired) electrons. The molecule has 0 aliphatic carbocycles. The molecule has 0 aromatic heterocycles. The van der Waals surface area contributed by atoms with Crippen LogP contribution in [0.4, 0.5) is 0 Å². The molecule has 0 bridgehead atoms. The van der Waals surface area contributed by atoms with Crippen LogP contribution in [0.1, 0.15) is 13.8 Å². The molecule has 6 heteroatoms. The van der Waals surface area contributed by atoms with Crippen molar-refractivity contribution in [3.05, 3.63) is 27.7 Å². The van der Waals surface area contributed by atoms with Crippen LogP contribution in [0.2, 0.25) is 5.02 Å². The van der Waals surface area contributed by atoms with Gasteiger partial charge < -0.3 is 0 Å². The van der Waals surface area contributed by atoms with E-state index in [1.807, 2.05) is 0 Å². The van der Waals surface area contributed by atoms with Crippen molar-refractivity contribution in [3.8, 4) is 0 Å². The highest BCUT2D eigenvalue weighted by Crippen LogP contribution is 2.25. The summed E-state index contributed by atoms with van der Waals surface area (Å²) in [7, 11) is -3.51. The number of rotatable bonds is 3. The van der Waals surface area contributed by atoms with Crippen LogP contribution in [-0.4, -0.2) is 14.5 Å². The second kappa shape index (κ2) is 4.82. The summed E-state index contributed by atoms with van der Waals surface area (Å²) < 4.78 is 26.7. The quantitative estimate of drug-likeness (QED) is 0.933. The minimum absolute atomic E-state index is 0.0982. The number of hydrogen-bond donors (Lipinski definition) is 1. The standard InChI is InChI=1S/C9H11BrClNO2S/c1-6(2)12-15(13,14)9-4-3-7(10)5-8(9)11/h3-6,12H,1-2H3. The Kier molecular flexibility index (Phi) is 4.17. The van der Waals surface area contributed by atoms with Gasteiger partial charge in [0.1, 0.15) is 4.90 Å². The number of benzene rings is 1. The minimum Gasteiger partial charge on any atom is -0.209 e. The van der Waals surface area contributed by atoms with E-state index in [0.717, 1.165) is 4.47 Å². The highest BCUT2D eigenvalue weighted by Gasteiger charge is 2.18. The van der Waals surface area contributed by atoms with Gasteiger partial charge in [-0.1, -0.05) is 27.5 Å². The normalized spacial score (nSPS) is 12.1. The van der Waals surface area contributed by atoms with Crippen molar-refractivity contribution in [3.63, 3.8) is 0 Å². The Morgan fingerprint density at radius 3 is 2.47 bits per heavy atom. The Morgan fingerprint density at radius 1 is 1.40 bits per heavy atom. The monoisotopic (exact) mass is 311 g/mol. The van der Waals surface area contributed by atoms with Crippen LogP contribution < -0.4 is 4.72 Å². The molecule has 15 heavy (non-hydrogen) atoms. The van der Waals surface area contributed by atoms with Crippen LogP contribution in [0.3, 0.4) is 0 Å². The van der Waals surface area contributed by atoms with Gasteiger partial charge in [0.05, 0.1) is 5.02 Å². The van der Waals surface area contributed by atoms with Crippen molar-refractivity contribution < 1.29 is 8.42 Å². The Hall–Kier alpha value is -0.100. The predicted octanol–water partition coefficient (Wildman–Crippen LogP) is 2.79. The van der Waals surface area contributed by atoms with Gasteiger partial charge in [-0.2, -0.15) is 0 Å². The maximum atomic E-state index is 11.8. The second-order valence-corrected chi connectivity index (χ2v) is 6.36. The van der Waals surface area contributed by atoms with Crippen molar-refractivity contribution >= 4 is 37.6 Å². The lowest BCUT2D eigenvalue weighted by molar-refractivity contribution is 0.570. The zero-order valence-corrected chi connectivity index (χ0v) is 11.4. The number of hydrogen-bond acceptors (Lipinski definition) is 2. The van der Waals surface area contributed by atoms with Crippen LogP contribution in [-0.2, 0) is 10.0 Å². The third kappa shape index (κ3) is 3.45. The molecule has 1 N–H and O–H groups in total. The third-order valence-corrected chi connectivity index (χ3v) is 4.21. The Bertz CT molecular complexity index is 459. The lowest BCUT2D eigenvalue weighted by Crippen LogP contribution is -2.30. The lowest BCUT2D eigenvalue weighted by Gasteiger charge is -2.10. The molecule has 0 unspecified atom stereocenters. The molecule has 3 nitrogen and oxygen atoms in total. The molecule has 0 heterocycles. The van der Waals surface area contributed by atoms with Crippen molar-refractivity contribution in [2.75, 3.05) is 0 Å². The number of halogens is 2. The summed E-state index contributed by atoms with van der Waals surface area (Å²) in [4.78, 5) is 0.0982. The molecule has 0 aliphatic rings. The first kappa shape index (κ1) is 13.0. The van der Waals surface area contributed by atoms with E-state index in [4.69, 9.17) is 11.6 Å². The van der Waals surface area contributed by atoms with Gasteiger partial charge in [-0.15, -0.1) is 0 Å². The molecule has 0 saturated carbocycles. The summed E-state index contributed by atoms with van der Waals surface area (Å²) in [6.45, 7) is 3.51. The van der Waals surface area contributed by atoms with Crippen molar-refractivity contribution in [2.24, 2.45) is 0 Å². The van der Waals surface area contributed by atoms with E-state index in [1.54, 1.807) is 26.0 Å². The van der Waals surface area contributed by atoms with Crippen LogP contribution in [0, 0.1) is 0 Å². The first-order valence-electron chi connectivity index (χ1n) is 4.30. The van der Waals surface area contributed by atoms with Gasteiger partial charge in [0.2, 0.25) is 10.0 Å². The van der Waals surface area contributed by atoms with E-state index in [-0.39, 0.29) is 16.0 Å². The maximum absolute atomic E-state index is 11.8. The van der Waals surface area contributed by atoms with E-state index in [9.17, 15) is 8.42 Å². The summed E-state index contributed by atoms with van der Waals surface area (Å²) in [5, 5.41) is 0.206. The van der Waals surface area contributed by atoms with Gasteiger partial charge >= 0.3 is 0 Å². The van der Waals surface area contributed by atoms with Gasteiger partial charge in [-0.05, 0) is 32.0 Å². The average Bonchev–Trinajstić information content (AvgIpc) is 1.99. The summed E-state index contributed by atoms with van der Waals surface area (Å²) >= 11 is 9.06. The summed E-state index contributed by atoms with van der Waals surface area (Å²) in [5.74, 6) is 0. The summed E-state index contributed by atoms with van der Waals surface area (Å²) in [6.07, 6.45) is 0. The van der Waals surface area contributed by atoms with E-state index in [2.05, 4.69) is 20.7 Å². The first-order valence-corrected chi connectivity index (χ1v) is 6.96. The van der Waals surface area contributed by atoms with Gasteiger partial charge in [-0.25, -0.2) is 13.1 Å². The molecule has 1 aromatic carbocycles. The van der Waals surface area contributed by atoms with Crippen molar-refractivity contribution in [1.29, 1.82) is 0 Å². The fraction of sp³-hybridized carbons (Fsp3) is 0.333. The molecule has 1 aromatic rings. The molecule has 0 aliphatic heterocycles. The fourth-order valence-corrected chi connectivity index (χ4v) is 3.36. The molecule has 84 valence electrons. The van der Waals surface area contributed by atoms with Gasteiger partial charge in [0, 0.05) is 10.5 Å². The molecule has 0 fully saturated rings. The SMILES string of the molecule is CC(C)NS(=O)(=O)c1ccc(Br)cc1Cl. The summed E-state index contributed by atoms with van der Waals surface area (Å²) in [6, 6.07) is 4.50. The van der Waals surface area contributed by atoms with Gasteiger partial charge in [0.15, 0.2) is 0 Å². The third-order valence-electron chi connectivity index (χ3n) is 1.57. The predicted molar refractivity (Wildman–Crippen MR) is 64.6 cm³/mol. The van der Waals surface area contributed by atoms with E-state index in [0.29, 0.717) is 0 Å². The van der Waals surface area contributed by atoms with Crippen LogP contribution in [0.25, 0.3) is 0 Å². The Labute approximate surface area is 103 Å². The highest BCUT2D eigenvalue weighted by atomic mass is 79.9. The van der Waals surface area contributed by atoms with E-state index < -0.39 is 10.0 Å². The molecule has 1 rings (SSSR count). The zero-order valence-electron chi connectivity index (χ0n) is 8.29. The highest BCUT2D eigenvalue weighted by molar-refractivity contribution is 9.10. The average molecular weight is 313 g/mol. The zero-order chi connectivity index (χ0) is 11.6. The van der Waals surface area contributed by atoms with E-state index in [1.165, 1.54) is 6.07 Å². The fourth-order valence-electron chi connectivity index (χ4n) is 1.07. The molecule has 0 amide bonds. The minimum atomic E-state index is -3.51. The first-order chi connectivity index (χ1) is 6.83. The number of nitrogens with one attached hydrogen (secondary N) is 1. The van der Waals surface area contributed by atoms with Crippen molar-refractivity contribution in [1.82, 2.24) is 4.72 Å². The lowest BCUT2D eigenvalue weighted by atomic mass is 10.4. The Balaban J connectivity index is 3.16. The summed E-state index contributed by atoms with van der Waals surface area (Å²) in [5.41, 5.74) is 0.